The predicted molar refractivity (Wildman–Crippen MR) is 88.9 cm³/mol. The molecule has 2 saturated heterocycles. The molecule has 8 heteroatoms. The van der Waals surface area contributed by atoms with Crippen LogP contribution in [0.15, 0.2) is 24.3 Å². The van der Waals surface area contributed by atoms with Crippen LogP contribution in [-0.4, -0.2) is 59.3 Å². The zero-order chi connectivity index (χ0) is 18.2. The maximum Gasteiger partial charge on any atom is 0.319 e. The Kier molecular flexibility index (Phi) is 4.99. The van der Waals surface area contributed by atoms with E-state index in [1.165, 1.54) is 0 Å². The van der Waals surface area contributed by atoms with Crippen molar-refractivity contribution in [2.24, 2.45) is 0 Å². The van der Waals surface area contributed by atoms with Crippen molar-refractivity contribution >= 4 is 11.7 Å². The Morgan fingerprint density at radius 3 is 2.60 bits per heavy atom. The molecule has 1 unspecified atom stereocenters. The van der Waals surface area contributed by atoms with Crippen molar-refractivity contribution in [3.63, 3.8) is 0 Å². The van der Waals surface area contributed by atoms with Gasteiger partial charge in [-0.05, 0) is 32.9 Å². The number of carbonyl (C=O) groups is 1. The molecule has 5 atom stereocenters. The fourth-order valence-electron chi connectivity index (χ4n) is 3.09. The highest BCUT2D eigenvalue weighted by Gasteiger charge is 2.56. The first-order chi connectivity index (χ1) is 11.8. The minimum atomic E-state index is -1.16. The third-order valence-corrected chi connectivity index (χ3v) is 4.26. The Balaban J connectivity index is 1.70. The molecule has 1 aromatic carbocycles. The molecule has 0 aromatic heterocycles. The van der Waals surface area contributed by atoms with Crippen LogP contribution in [0.5, 0.6) is 0 Å². The molecule has 2 fully saturated rings. The summed E-state index contributed by atoms with van der Waals surface area (Å²) in [5, 5.41) is 24.7. The van der Waals surface area contributed by atoms with E-state index in [2.05, 4.69) is 10.6 Å². The van der Waals surface area contributed by atoms with E-state index in [0.29, 0.717) is 5.69 Å². The number of ether oxygens (including phenoxy) is 3. The summed E-state index contributed by atoms with van der Waals surface area (Å²) in [6.07, 6.45) is -3.29. The van der Waals surface area contributed by atoms with Crippen molar-refractivity contribution in [1.29, 1.82) is 0 Å². The van der Waals surface area contributed by atoms with Crippen LogP contribution >= 0.6 is 0 Å². The van der Waals surface area contributed by atoms with Gasteiger partial charge in [0.15, 0.2) is 12.1 Å². The third kappa shape index (κ3) is 3.94. The van der Waals surface area contributed by atoms with E-state index in [1.807, 2.05) is 19.1 Å². The van der Waals surface area contributed by atoms with Gasteiger partial charge in [-0.3, -0.25) is 0 Å². The Labute approximate surface area is 146 Å². The summed E-state index contributed by atoms with van der Waals surface area (Å²) in [4.78, 5) is 12.3. The van der Waals surface area contributed by atoms with Gasteiger partial charge in [-0.25, -0.2) is 4.79 Å². The Hall–Kier alpha value is -1.71. The number of rotatable bonds is 4. The third-order valence-electron chi connectivity index (χ3n) is 4.26. The van der Waals surface area contributed by atoms with Gasteiger partial charge < -0.3 is 35.1 Å². The second-order valence-electron chi connectivity index (χ2n) is 6.81. The van der Waals surface area contributed by atoms with Crippen molar-refractivity contribution in [2.45, 2.75) is 57.2 Å². The van der Waals surface area contributed by atoms with Gasteiger partial charge in [0.2, 0.25) is 0 Å². The van der Waals surface area contributed by atoms with E-state index in [-0.39, 0.29) is 0 Å². The topological polar surface area (TPSA) is 109 Å². The summed E-state index contributed by atoms with van der Waals surface area (Å²) in [7, 11) is 0. The van der Waals surface area contributed by atoms with E-state index in [4.69, 9.17) is 14.2 Å². The molecule has 2 amide bonds. The maximum absolute atomic E-state index is 12.3. The van der Waals surface area contributed by atoms with E-state index in [9.17, 15) is 15.0 Å². The first-order valence-corrected chi connectivity index (χ1v) is 8.23. The lowest BCUT2D eigenvalue weighted by Crippen LogP contribution is -2.53. The molecule has 3 rings (SSSR count). The van der Waals surface area contributed by atoms with Gasteiger partial charge in [0.25, 0.3) is 0 Å². The summed E-state index contributed by atoms with van der Waals surface area (Å²) in [5.41, 5.74) is 1.73. The number of amides is 2. The summed E-state index contributed by atoms with van der Waals surface area (Å²) >= 11 is 0. The fourth-order valence-corrected chi connectivity index (χ4v) is 3.09. The van der Waals surface area contributed by atoms with Crippen LogP contribution in [0.3, 0.4) is 0 Å². The minimum absolute atomic E-state index is 0.457. The predicted octanol–water partition coefficient (Wildman–Crippen LogP) is 0.715. The summed E-state index contributed by atoms with van der Waals surface area (Å²) < 4.78 is 17.1. The standard InChI is InChI=1S/C17H24N2O6/c1-9-4-6-10(7-5-9)18-16(22)19-12-13(11(21)8-20)23-15-14(12)24-17(2,3)25-15/h4-7,11-15,20-21H,8H2,1-3H3,(H2,18,19,22)/t11?,12-,13-,14-,15-/m1/s1. The summed E-state index contributed by atoms with van der Waals surface area (Å²) in [6, 6.07) is 6.24. The molecule has 0 radical (unpaired) electrons. The number of hydrogen-bond donors (Lipinski definition) is 4. The molecule has 2 aliphatic rings. The average molecular weight is 352 g/mol. The number of fused-ring (bicyclic) bond motifs is 1. The highest BCUT2D eigenvalue weighted by atomic mass is 16.8. The molecular formula is C17H24N2O6. The second kappa shape index (κ2) is 6.89. The number of aliphatic hydroxyl groups excluding tert-OH is 2. The molecule has 0 aliphatic carbocycles. The smallest absolute Gasteiger partial charge is 0.319 e. The van der Waals surface area contributed by atoms with Crippen molar-refractivity contribution in [3.05, 3.63) is 29.8 Å². The van der Waals surface area contributed by atoms with Gasteiger partial charge in [0, 0.05) is 5.69 Å². The zero-order valence-electron chi connectivity index (χ0n) is 14.4. The molecule has 0 saturated carbocycles. The van der Waals surface area contributed by atoms with E-state index in [0.717, 1.165) is 5.56 Å². The number of nitrogens with one attached hydrogen (secondary N) is 2. The van der Waals surface area contributed by atoms with Crippen LogP contribution in [0.25, 0.3) is 0 Å². The largest absolute Gasteiger partial charge is 0.394 e. The lowest BCUT2D eigenvalue weighted by molar-refractivity contribution is -0.218. The lowest BCUT2D eigenvalue weighted by atomic mass is 10.0. The molecule has 25 heavy (non-hydrogen) atoms. The number of aryl methyl sites for hydroxylation is 1. The van der Waals surface area contributed by atoms with Gasteiger partial charge in [0.05, 0.1) is 12.6 Å². The first kappa shape index (κ1) is 18.1. The molecule has 2 aliphatic heterocycles. The van der Waals surface area contributed by atoms with E-state index in [1.54, 1.807) is 26.0 Å². The van der Waals surface area contributed by atoms with Crippen LogP contribution in [-0.2, 0) is 14.2 Å². The van der Waals surface area contributed by atoms with Crippen LogP contribution in [0.2, 0.25) is 0 Å². The van der Waals surface area contributed by atoms with Crippen molar-refractivity contribution < 1.29 is 29.2 Å². The lowest BCUT2D eigenvalue weighted by Gasteiger charge is -2.28. The van der Waals surface area contributed by atoms with E-state index < -0.39 is 49.1 Å². The highest BCUT2D eigenvalue weighted by Crippen LogP contribution is 2.38. The SMILES string of the molecule is Cc1ccc(NC(=O)N[C@H]2[C@H]3OC(C)(C)O[C@H]3O[C@@H]2C(O)CO)cc1. The number of hydrogen-bond acceptors (Lipinski definition) is 6. The van der Waals surface area contributed by atoms with Gasteiger partial charge in [0.1, 0.15) is 18.3 Å². The molecule has 8 nitrogen and oxygen atoms in total. The minimum Gasteiger partial charge on any atom is -0.394 e. The summed E-state index contributed by atoms with van der Waals surface area (Å²) in [6.45, 7) is 4.95. The average Bonchev–Trinajstić information content (AvgIpc) is 3.02. The fraction of sp³-hybridized carbons (Fsp3) is 0.588. The van der Waals surface area contributed by atoms with Gasteiger partial charge in [-0.2, -0.15) is 0 Å². The molecule has 0 spiro atoms. The highest BCUT2D eigenvalue weighted by molar-refractivity contribution is 5.89. The molecular weight excluding hydrogens is 328 g/mol. The molecule has 2 heterocycles. The molecule has 0 bridgehead atoms. The van der Waals surface area contributed by atoms with Crippen molar-refractivity contribution in [2.75, 3.05) is 11.9 Å². The normalized spacial score (nSPS) is 31.4. The van der Waals surface area contributed by atoms with E-state index >= 15 is 0 Å². The zero-order valence-corrected chi connectivity index (χ0v) is 14.4. The Morgan fingerprint density at radius 1 is 1.28 bits per heavy atom. The quantitative estimate of drug-likeness (QED) is 0.636. The van der Waals surface area contributed by atoms with Crippen LogP contribution in [0, 0.1) is 6.92 Å². The van der Waals surface area contributed by atoms with Gasteiger partial charge in [-0.1, -0.05) is 17.7 Å². The number of anilines is 1. The first-order valence-electron chi connectivity index (χ1n) is 8.23. The summed E-state index contributed by atoms with van der Waals surface area (Å²) in [5.74, 6) is -0.849. The van der Waals surface area contributed by atoms with Gasteiger partial charge >= 0.3 is 6.03 Å². The number of aliphatic hydroxyl groups is 2. The van der Waals surface area contributed by atoms with Crippen molar-refractivity contribution in [3.8, 4) is 0 Å². The van der Waals surface area contributed by atoms with Crippen LogP contribution in [0.4, 0.5) is 10.5 Å². The number of carbonyl (C=O) groups excluding carboxylic acids is 1. The molecule has 138 valence electrons. The number of benzene rings is 1. The van der Waals surface area contributed by atoms with Crippen LogP contribution in [0.1, 0.15) is 19.4 Å². The Morgan fingerprint density at radius 2 is 1.96 bits per heavy atom. The molecule has 4 N–H and O–H groups in total. The maximum atomic E-state index is 12.3. The van der Waals surface area contributed by atoms with Gasteiger partial charge in [-0.15, -0.1) is 0 Å². The Bertz CT molecular complexity index is 620. The monoisotopic (exact) mass is 352 g/mol. The second-order valence-corrected chi connectivity index (χ2v) is 6.81. The van der Waals surface area contributed by atoms with Crippen molar-refractivity contribution in [1.82, 2.24) is 5.32 Å². The van der Waals surface area contributed by atoms with Crippen LogP contribution < -0.4 is 10.6 Å². The molecule has 1 aromatic rings. The number of urea groups is 1.